The Labute approximate surface area is 175 Å². The molecular formula is C22H26N4O4. The van der Waals surface area contributed by atoms with Crippen LogP contribution >= 0.6 is 0 Å². The zero-order valence-corrected chi connectivity index (χ0v) is 17.4. The molecule has 0 aliphatic rings. The van der Waals surface area contributed by atoms with Crippen LogP contribution in [0.25, 0.3) is 11.3 Å². The molecule has 0 aliphatic heterocycles. The number of nitrogens with one attached hydrogen (secondary N) is 1. The number of hydrogen-bond donors (Lipinski definition) is 2. The molecular weight excluding hydrogens is 384 g/mol. The molecule has 0 spiro atoms. The Morgan fingerprint density at radius 3 is 2.67 bits per heavy atom. The molecule has 1 unspecified atom stereocenters. The lowest BCUT2D eigenvalue weighted by Gasteiger charge is -2.15. The Morgan fingerprint density at radius 2 is 2.03 bits per heavy atom. The molecule has 3 heterocycles. The minimum atomic E-state index is -0.273. The third-order valence-electron chi connectivity index (χ3n) is 4.73. The molecule has 8 nitrogen and oxygen atoms in total. The fraction of sp³-hybridized carbons (Fsp3) is 0.364. The van der Waals surface area contributed by atoms with Gasteiger partial charge in [-0.15, -0.1) is 0 Å². The summed E-state index contributed by atoms with van der Waals surface area (Å²) in [5, 5.41) is 16.3. The lowest BCUT2D eigenvalue weighted by Crippen LogP contribution is -2.37. The highest BCUT2D eigenvalue weighted by Gasteiger charge is 2.17. The molecule has 8 heteroatoms. The number of amides is 1. The highest BCUT2D eigenvalue weighted by molar-refractivity contribution is 5.94. The lowest BCUT2D eigenvalue weighted by molar-refractivity contribution is 0.0912. The Balaban J connectivity index is 1.65. The van der Waals surface area contributed by atoms with E-state index in [4.69, 9.17) is 9.26 Å². The molecule has 0 saturated carbocycles. The molecule has 3 rings (SSSR count). The van der Waals surface area contributed by atoms with Gasteiger partial charge in [-0.05, 0) is 38.5 Å². The summed E-state index contributed by atoms with van der Waals surface area (Å²) >= 11 is 0. The van der Waals surface area contributed by atoms with Crippen LogP contribution in [-0.4, -0.2) is 38.8 Å². The van der Waals surface area contributed by atoms with E-state index >= 15 is 0 Å². The second kappa shape index (κ2) is 9.98. The number of pyridine rings is 2. The number of hydrogen-bond acceptors (Lipinski definition) is 7. The number of aryl methyl sites for hydroxylation is 2. The molecule has 0 aliphatic carbocycles. The third kappa shape index (κ3) is 5.21. The number of nitrogens with zero attached hydrogens (tertiary/aromatic N) is 3. The monoisotopic (exact) mass is 410 g/mol. The summed E-state index contributed by atoms with van der Waals surface area (Å²) in [5.74, 6) is 0.769. The maximum atomic E-state index is 12.3. The zero-order chi connectivity index (χ0) is 21.5. The van der Waals surface area contributed by atoms with Crippen molar-refractivity contribution in [3.63, 3.8) is 0 Å². The maximum absolute atomic E-state index is 12.3. The van der Waals surface area contributed by atoms with E-state index in [1.54, 1.807) is 18.3 Å². The van der Waals surface area contributed by atoms with E-state index in [-0.39, 0.29) is 25.2 Å². The number of carbonyl (C=O) groups excluding carboxylic acids is 1. The van der Waals surface area contributed by atoms with Crippen molar-refractivity contribution in [1.29, 1.82) is 0 Å². The van der Waals surface area contributed by atoms with Crippen LogP contribution in [0.1, 0.15) is 47.1 Å². The van der Waals surface area contributed by atoms with Crippen LogP contribution in [-0.2, 0) is 6.61 Å². The summed E-state index contributed by atoms with van der Waals surface area (Å²) in [6.07, 6.45) is 4.80. The summed E-state index contributed by atoms with van der Waals surface area (Å²) in [7, 11) is 0. The van der Waals surface area contributed by atoms with Crippen LogP contribution in [0.2, 0.25) is 0 Å². The van der Waals surface area contributed by atoms with Gasteiger partial charge in [-0.2, -0.15) is 0 Å². The molecule has 1 amide bonds. The smallest absolute Gasteiger partial charge is 0.253 e. The van der Waals surface area contributed by atoms with Gasteiger partial charge in [0.1, 0.15) is 18.1 Å². The Kier molecular flexibility index (Phi) is 7.13. The van der Waals surface area contributed by atoms with E-state index in [1.165, 1.54) is 6.20 Å². The fourth-order valence-corrected chi connectivity index (χ4v) is 2.97. The van der Waals surface area contributed by atoms with Crippen LogP contribution in [0.3, 0.4) is 0 Å². The molecule has 3 aromatic heterocycles. The van der Waals surface area contributed by atoms with Gasteiger partial charge in [-0.1, -0.05) is 18.5 Å². The van der Waals surface area contributed by atoms with Crippen molar-refractivity contribution < 1.29 is 19.2 Å². The first-order chi connectivity index (χ1) is 14.5. The largest absolute Gasteiger partial charge is 0.473 e. The number of ether oxygens (including phenoxy) is 1. The number of aliphatic hydroxyl groups excluding tert-OH is 1. The molecule has 0 aromatic carbocycles. The maximum Gasteiger partial charge on any atom is 0.253 e. The topological polar surface area (TPSA) is 110 Å². The average Bonchev–Trinajstić information content (AvgIpc) is 3.13. The molecule has 158 valence electrons. The second-order valence-electron chi connectivity index (χ2n) is 7.07. The van der Waals surface area contributed by atoms with E-state index in [2.05, 4.69) is 20.4 Å². The van der Waals surface area contributed by atoms with Crippen LogP contribution in [0, 0.1) is 13.8 Å². The van der Waals surface area contributed by atoms with E-state index in [9.17, 15) is 9.90 Å². The first-order valence-electron chi connectivity index (χ1n) is 9.90. The molecule has 0 bridgehead atoms. The minimum absolute atomic E-state index is 0.0921. The molecule has 0 saturated heterocycles. The van der Waals surface area contributed by atoms with E-state index in [1.807, 2.05) is 32.9 Å². The van der Waals surface area contributed by atoms with Crippen LogP contribution in [0.5, 0.6) is 5.88 Å². The molecule has 0 fully saturated rings. The summed E-state index contributed by atoms with van der Waals surface area (Å²) in [6.45, 7) is 5.88. The molecule has 1 atom stereocenters. The number of carbonyl (C=O) groups is 1. The number of rotatable bonds is 9. The standard InChI is InChI=1S/C22H26N4O4/c1-4-5-18(12-27)25-22(28)17-8-9-20(24-11-17)29-13-19-15(3)30-26-21(19)16-7-6-14(2)23-10-16/h6-11,18,27H,4-5,12-13H2,1-3H3,(H,25,28). The van der Waals surface area contributed by atoms with Crippen molar-refractivity contribution in [1.82, 2.24) is 20.4 Å². The first kappa shape index (κ1) is 21.4. The molecule has 30 heavy (non-hydrogen) atoms. The third-order valence-corrected chi connectivity index (χ3v) is 4.73. The second-order valence-corrected chi connectivity index (χ2v) is 7.07. The van der Waals surface area contributed by atoms with Crippen molar-refractivity contribution in [2.24, 2.45) is 0 Å². The first-order valence-corrected chi connectivity index (χ1v) is 9.90. The zero-order valence-electron chi connectivity index (χ0n) is 17.4. The van der Waals surface area contributed by atoms with E-state index in [0.29, 0.717) is 29.3 Å². The van der Waals surface area contributed by atoms with Crippen LogP contribution in [0.15, 0.2) is 41.2 Å². The van der Waals surface area contributed by atoms with Gasteiger partial charge in [0.05, 0.1) is 23.8 Å². The highest BCUT2D eigenvalue weighted by atomic mass is 16.5. The van der Waals surface area contributed by atoms with Gasteiger partial charge in [0, 0.05) is 29.7 Å². The summed E-state index contributed by atoms with van der Waals surface area (Å²) in [6, 6.07) is 6.87. The van der Waals surface area contributed by atoms with Gasteiger partial charge < -0.3 is 19.7 Å². The van der Waals surface area contributed by atoms with Gasteiger partial charge in [0.25, 0.3) is 5.91 Å². The van der Waals surface area contributed by atoms with Crippen molar-refractivity contribution in [3.05, 3.63) is 59.2 Å². The Morgan fingerprint density at radius 1 is 1.20 bits per heavy atom. The highest BCUT2D eigenvalue weighted by Crippen LogP contribution is 2.26. The van der Waals surface area contributed by atoms with Gasteiger partial charge in [-0.3, -0.25) is 9.78 Å². The SMILES string of the molecule is CCCC(CO)NC(=O)c1ccc(OCc2c(-c3ccc(C)nc3)noc2C)nc1. The Bertz CT molecular complexity index is 968. The number of aliphatic hydroxyl groups is 1. The Hall–Kier alpha value is -3.26. The average molecular weight is 410 g/mol. The predicted octanol–water partition coefficient (Wildman–Crippen LogP) is 3.22. The summed E-state index contributed by atoms with van der Waals surface area (Å²) < 4.78 is 11.1. The predicted molar refractivity (Wildman–Crippen MR) is 111 cm³/mol. The van der Waals surface area contributed by atoms with Crippen molar-refractivity contribution in [3.8, 4) is 17.1 Å². The lowest BCUT2D eigenvalue weighted by atomic mass is 10.1. The van der Waals surface area contributed by atoms with Crippen molar-refractivity contribution in [2.75, 3.05) is 6.61 Å². The van der Waals surface area contributed by atoms with Gasteiger partial charge >= 0.3 is 0 Å². The van der Waals surface area contributed by atoms with Crippen molar-refractivity contribution >= 4 is 5.91 Å². The van der Waals surface area contributed by atoms with E-state index < -0.39 is 0 Å². The van der Waals surface area contributed by atoms with Crippen LogP contribution in [0.4, 0.5) is 0 Å². The van der Waals surface area contributed by atoms with Crippen molar-refractivity contribution in [2.45, 2.75) is 46.3 Å². The minimum Gasteiger partial charge on any atom is -0.473 e. The molecule has 2 N–H and O–H groups in total. The summed E-state index contributed by atoms with van der Waals surface area (Å²) in [5.41, 5.74) is 3.67. The van der Waals surface area contributed by atoms with Gasteiger partial charge in [0.2, 0.25) is 5.88 Å². The summed E-state index contributed by atoms with van der Waals surface area (Å²) in [4.78, 5) is 20.8. The number of aromatic nitrogens is 3. The van der Waals surface area contributed by atoms with Gasteiger partial charge in [0.15, 0.2) is 0 Å². The normalized spacial score (nSPS) is 11.9. The van der Waals surface area contributed by atoms with Gasteiger partial charge in [-0.25, -0.2) is 4.98 Å². The fourth-order valence-electron chi connectivity index (χ4n) is 2.97. The van der Waals surface area contributed by atoms with Crippen LogP contribution < -0.4 is 10.1 Å². The quantitative estimate of drug-likeness (QED) is 0.557. The molecule has 0 radical (unpaired) electrons. The van der Waals surface area contributed by atoms with E-state index in [0.717, 1.165) is 23.2 Å². The molecule has 3 aromatic rings.